The molecular weight excluding hydrogens is 346 g/mol. The number of hydrogen-bond donors (Lipinski definition) is 0. The molecule has 27 heavy (non-hydrogen) atoms. The maximum atomic E-state index is 2.28. The second-order valence-electron chi connectivity index (χ2n) is 6.29. The minimum absolute atomic E-state index is 0.162. The molecule has 0 aromatic heterocycles. The summed E-state index contributed by atoms with van der Waals surface area (Å²) in [6.45, 7) is 0. The lowest BCUT2D eigenvalue weighted by molar-refractivity contribution is 1.16. The van der Waals surface area contributed by atoms with Crippen LogP contribution in [0.2, 0.25) is 0 Å². The van der Waals surface area contributed by atoms with Crippen LogP contribution in [0.1, 0.15) is 0 Å². The molecule has 2 heteroatoms. The van der Waals surface area contributed by atoms with E-state index < -0.39 is 0 Å². The minimum Gasteiger partial charge on any atom is -0.341 e. The van der Waals surface area contributed by atoms with E-state index in [1.54, 1.807) is 0 Å². The van der Waals surface area contributed by atoms with Crippen LogP contribution in [0.15, 0.2) is 130 Å². The minimum atomic E-state index is -0.162. The van der Waals surface area contributed by atoms with Crippen LogP contribution < -0.4 is 4.90 Å². The van der Waals surface area contributed by atoms with Gasteiger partial charge in [0.2, 0.25) is 0 Å². The molecule has 0 spiro atoms. The van der Waals surface area contributed by atoms with Crippen LogP contribution in [0.25, 0.3) is 0 Å². The number of rotatable bonds is 5. The Morgan fingerprint density at radius 1 is 0.519 bits per heavy atom. The molecule has 0 aliphatic heterocycles. The third-order valence-electron chi connectivity index (χ3n) is 4.55. The topological polar surface area (TPSA) is 3.24 Å². The molecule has 0 amide bonds. The highest BCUT2D eigenvalue weighted by Gasteiger charge is 2.32. The van der Waals surface area contributed by atoms with Crippen molar-refractivity contribution in [3.05, 3.63) is 115 Å². The maximum Gasteiger partial charge on any atom is 0.190 e. The number of hydrogen-bond acceptors (Lipinski definition) is 1. The molecule has 0 atom stereocenters. The fraction of sp³-hybridized carbons (Fsp3) is 0.0400. The Morgan fingerprint density at radius 2 is 0.963 bits per heavy atom. The van der Waals surface area contributed by atoms with E-state index in [0.717, 1.165) is 0 Å². The van der Waals surface area contributed by atoms with Crippen LogP contribution in [-0.4, -0.2) is 7.05 Å². The third kappa shape index (κ3) is 3.76. The van der Waals surface area contributed by atoms with Crippen molar-refractivity contribution in [3.63, 3.8) is 0 Å². The SMILES string of the molecule is CN(c1ccccc1)c1ccccc1[S+](c1ccccc1)c1ccccc1. The smallest absolute Gasteiger partial charge is 0.190 e. The molecule has 0 aliphatic rings. The number of anilines is 2. The van der Waals surface area contributed by atoms with Gasteiger partial charge in [0.15, 0.2) is 14.7 Å². The van der Waals surface area contributed by atoms with Gasteiger partial charge in [-0.15, -0.1) is 0 Å². The maximum absolute atomic E-state index is 2.28. The van der Waals surface area contributed by atoms with E-state index in [1.807, 2.05) is 0 Å². The summed E-state index contributed by atoms with van der Waals surface area (Å²) in [6.07, 6.45) is 0. The van der Waals surface area contributed by atoms with E-state index in [-0.39, 0.29) is 10.9 Å². The molecular formula is C25H22NS+. The van der Waals surface area contributed by atoms with E-state index in [9.17, 15) is 0 Å². The van der Waals surface area contributed by atoms with Gasteiger partial charge >= 0.3 is 0 Å². The van der Waals surface area contributed by atoms with Gasteiger partial charge in [0, 0.05) is 12.7 Å². The van der Waals surface area contributed by atoms with Gasteiger partial charge in [-0.2, -0.15) is 0 Å². The van der Waals surface area contributed by atoms with Crippen LogP contribution in [0, 0.1) is 0 Å². The normalized spacial score (nSPS) is 10.7. The lowest BCUT2D eigenvalue weighted by Crippen LogP contribution is -2.15. The molecule has 0 N–H and O–H groups in total. The highest BCUT2D eigenvalue weighted by Crippen LogP contribution is 2.38. The van der Waals surface area contributed by atoms with Gasteiger partial charge in [0.1, 0.15) is 10.9 Å². The van der Waals surface area contributed by atoms with Crippen molar-refractivity contribution >= 4 is 22.3 Å². The van der Waals surface area contributed by atoms with Crippen molar-refractivity contribution in [2.45, 2.75) is 14.7 Å². The van der Waals surface area contributed by atoms with Crippen molar-refractivity contribution in [3.8, 4) is 0 Å². The molecule has 0 fully saturated rings. The molecule has 0 radical (unpaired) electrons. The lowest BCUT2D eigenvalue weighted by Gasteiger charge is -2.22. The van der Waals surface area contributed by atoms with Gasteiger partial charge < -0.3 is 4.90 Å². The predicted octanol–water partition coefficient (Wildman–Crippen LogP) is 6.55. The summed E-state index contributed by atoms with van der Waals surface area (Å²) in [7, 11) is 1.98. The van der Waals surface area contributed by atoms with Crippen molar-refractivity contribution in [1.29, 1.82) is 0 Å². The van der Waals surface area contributed by atoms with Crippen molar-refractivity contribution < 1.29 is 0 Å². The molecule has 4 aromatic carbocycles. The average Bonchev–Trinajstić information content (AvgIpc) is 2.76. The van der Waals surface area contributed by atoms with Gasteiger partial charge in [-0.1, -0.05) is 66.7 Å². The molecule has 0 aliphatic carbocycles. The van der Waals surface area contributed by atoms with Gasteiger partial charge in [0.05, 0.1) is 5.69 Å². The van der Waals surface area contributed by atoms with E-state index in [1.165, 1.54) is 26.1 Å². The first-order valence-corrected chi connectivity index (χ1v) is 10.3. The van der Waals surface area contributed by atoms with Gasteiger partial charge in [-0.3, -0.25) is 0 Å². The molecule has 4 aromatic rings. The average molecular weight is 369 g/mol. The van der Waals surface area contributed by atoms with Gasteiger partial charge in [0.25, 0.3) is 0 Å². The van der Waals surface area contributed by atoms with E-state index in [4.69, 9.17) is 0 Å². The second kappa shape index (κ2) is 8.15. The van der Waals surface area contributed by atoms with Gasteiger partial charge in [-0.25, -0.2) is 0 Å². The number of benzene rings is 4. The summed E-state index contributed by atoms with van der Waals surface area (Å²) in [6, 6.07) is 40.9. The molecule has 0 unspecified atom stereocenters. The predicted molar refractivity (Wildman–Crippen MR) is 116 cm³/mol. The number of para-hydroxylation sites is 2. The van der Waals surface area contributed by atoms with Crippen LogP contribution in [-0.2, 0) is 10.9 Å². The Hall–Kier alpha value is -2.97. The third-order valence-corrected chi connectivity index (χ3v) is 6.82. The molecule has 0 heterocycles. The first-order valence-electron chi connectivity index (χ1n) is 9.07. The summed E-state index contributed by atoms with van der Waals surface area (Å²) in [4.78, 5) is 6.28. The Kier molecular flexibility index (Phi) is 5.27. The van der Waals surface area contributed by atoms with E-state index in [0.29, 0.717) is 0 Å². The Morgan fingerprint density at radius 3 is 1.52 bits per heavy atom. The Balaban J connectivity index is 1.87. The molecule has 0 bridgehead atoms. The first-order chi connectivity index (χ1) is 13.3. The van der Waals surface area contributed by atoms with Crippen molar-refractivity contribution in [1.82, 2.24) is 0 Å². The molecule has 0 saturated heterocycles. The summed E-state index contributed by atoms with van der Waals surface area (Å²) in [5, 5.41) is 0. The Bertz CT molecular complexity index is 945. The summed E-state index contributed by atoms with van der Waals surface area (Å²) in [5.74, 6) is 0. The zero-order valence-corrected chi connectivity index (χ0v) is 16.1. The quantitative estimate of drug-likeness (QED) is 0.361. The molecule has 0 saturated carbocycles. The highest BCUT2D eigenvalue weighted by molar-refractivity contribution is 7.97. The molecule has 4 rings (SSSR count). The lowest BCUT2D eigenvalue weighted by atomic mass is 10.2. The largest absolute Gasteiger partial charge is 0.341 e. The zero-order valence-electron chi connectivity index (χ0n) is 15.3. The van der Waals surface area contributed by atoms with Crippen LogP contribution in [0.4, 0.5) is 11.4 Å². The fourth-order valence-corrected chi connectivity index (χ4v) is 5.47. The van der Waals surface area contributed by atoms with Crippen LogP contribution in [0.5, 0.6) is 0 Å². The second-order valence-corrected chi connectivity index (χ2v) is 8.29. The van der Waals surface area contributed by atoms with Crippen LogP contribution in [0.3, 0.4) is 0 Å². The molecule has 132 valence electrons. The summed E-state index contributed by atoms with van der Waals surface area (Å²) < 4.78 is 0. The highest BCUT2D eigenvalue weighted by atomic mass is 32.2. The molecule has 1 nitrogen and oxygen atoms in total. The van der Waals surface area contributed by atoms with E-state index in [2.05, 4.69) is 127 Å². The first kappa shape index (κ1) is 17.4. The summed E-state index contributed by atoms with van der Waals surface area (Å²) >= 11 is 0. The Labute approximate surface area is 164 Å². The van der Waals surface area contributed by atoms with Crippen molar-refractivity contribution in [2.75, 3.05) is 11.9 Å². The van der Waals surface area contributed by atoms with Gasteiger partial charge in [-0.05, 0) is 48.5 Å². The standard InChI is InChI=1S/C25H22NS/c1-26(21-13-5-2-6-14-21)24-19-11-12-20-25(24)27(22-15-7-3-8-16-22)23-17-9-4-10-18-23/h2-20H,1H3/q+1. The number of nitrogens with zero attached hydrogens (tertiary/aromatic N) is 1. The van der Waals surface area contributed by atoms with Crippen LogP contribution >= 0.6 is 0 Å². The summed E-state index contributed by atoms with van der Waals surface area (Å²) in [5.41, 5.74) is 2.43. The van der Waals surface area contributed by atoms with Crippen molar-refractivity contribution in [2.24, 2.45) is 0 Å². The van der Waals surface area contributed by atoms with E-state index >= 15 is 0 Å². The monoisotopic (exact) mass is 368 g/mol. The zero-order chi connectivity index (χ0) is 18.5. The fourth-order valence-electron chi connectivity index (χ4n) is 3.20.